The molecule has 0 N–H and O–H groups in total. The average Bonchev–Trinajstić information content (AvgIpc) is 3.00. The Morgan fingerprint density at radius 3 is 2.54 bits per heavy atom. The number of carbonyl (C=O) groups is 1. The Kier molecular flexibility index (Phi) is 6.99. The largest absolute Gasteiger partial charge is 0.447 e. The topological polar surface area (TPSA) is 68.5 Å². The fourth-order valence-corrected chi connectivity index (χ4v) is 2.54. The lowest BCUT2D eigenvalue weighted by atomic mass is 10.2. The molecule has 0 atom stereocenters. The molecule has 0 amide bonds. The van der Waals surface area contributed by atoms with Crippen molar-refractivity contribution >= 4 is 34.3 Å². The maximum absolute atomic E-state index is 12.0. The maximum atomic E-state index is 12.0. The number of ether oxygens (including phenoxy) is 1. The smallest absolute Gasteiger partial charge is 0.225 e. The van der Waals surface area contributed by atoms with Crippen molar-refractivity contribution < 1.29 is 13.9 Å². The minimum atomic E-state index is -0.0282. The summed E-state index contributed by atoms with van der Waals surface area (Å²) < 4.78 is 11.0. The Labute approximate surface area is 147 Å². The second kappa shape index (κ2) is 8.99. The summed E-state index contributed by atoms with van der Waals surface area (Å²) in [5, 5.41) is 0.152. The molecule has 0 spiro atoms. The van der Waals surface area contributed by atoms with Crippen molar-refractivity contribution in [1.29, 1.82) is 0 Å². The van der Waals surface area contributed by atoms with Crippen molar-refractivity contribution in [2.75, 3.05) is 31.2 Å². The summed E-state index contributed by atoms with van der Waals surface area (Å²) >= 11 is 5.99. The molecule has 3 rings (SSSR count). The number of morpholine rings is 1. The van der Waals surface area contributed by atoms with Crippen LogP contribution in [0, 0.1) is 0 Å². The van der Waals surface area contributed by atoms with Crippen molar-refractivity contribution in [2.45, 2.75) is 40.0 Å². The van der Waals surface area contributed by atoms with Gasteiger partial charge in [0, 0.05) is 25.6 Å². The van der Waals surface area contributed by atoms with Crippen molar-refractivity contribution in [2.24, 2.45) is 0 Å². The van der Waals surface area contributed by atoms with Crippen LogP contribution in [0.1, 0.15) is 50.6 Å². The monoisotopic (exact) mass is 353 g/mol. The van der Waals surface area contributed by atoms with E-state index in [9.17, 15) is 4.79 Å². The molecule has 1 saturated heterocycles. The highest BCUT2D eigenvalue weighted by molar-refractivity contribution is 6.28. The molecule has 132 valence electrons. The van der Waals surface area contributed by atoms with E-state index >= 15 is 0 Å². The fourth-order valence-electron chi connectivity index (χ4n) is 2.36. The second-order valence-electron chi connectivity index (χ2n) is 5.62. The Balaban J connectivity index is 0.000000647. The Morgan fingerprint density at radius 2 is 1.92 bits per heavy atom. The quantitative estimate of drug-likeness (QED) is 0.608. The predicted octanol–water partition coefficient (Wildman–Crippen LogP) is 4.11. The van der Waals surface area contributed by atoms with E-state index in [1.165, 1.54) is 6.42 Å². The number of furan rings is 1. The molecular formula is C17H24ClN3O3. The third-order valence-electron chi connectivity index (χ3n) is 3.39. The Hall–Kier alpha value is -1.66. The first-order valence-corrected chi connectivity index (χ1v) is 8.81. The van der Waals surface area contributed by atoms with E-state index in [0.29, 0.717) is 55.4 Å². The fraction of sp³-hybridized carbons (Fsp3) is 0.588. The number of hydrogen-bond acceptors (Lipinski definition) is 6. The SMILES string of the molecule is CCC.CCCC(=O)c1cc2nc(Cl)nc(N3CCOCC3)c2o1. The Bertz CT molecular complexity index is 681. The average molecular weight is 354 g/mol. The van der Waals surface area contributed by atoms with Gasteiger partial charge in [0.15, 0.2) is 22.9 Å². The highest BCUT2D eigenvalue weighted by Crippen LogP contribution is 2.29. The molecule has 0 aliphatic carbocycles. The van der Waals surface area contributed by atoms with Crippen LogP contribution in [-0.2, 0) is 4.74 Å². The normalized spacial score (nSPS) is 14.4. The third kappa shape index (κ3) is 4.45. The van der Waals surface area contributed by atoms with Crippen molar-refractivity contribution in [1.82, 2.24) is 9.97 Å². The first-order valence-electron chi connectivity index (χ1n) is 8.43. The minimum absolute atomic E-state index is 0.0282. The molecule has 2 aromatic heterocycles. The first kappa shape index (κ1) is 18.7. The van der Waals surface area contributed by atoms with Gasteiger partial charge in [-0.05, 0) is 18.0 Å². The number of carbonyl (C=O) groups excluding carboxylic acids is 1. The van der Waals surface area contributed by atoms with E-state index in [-0.39, 0.29) is 11.1 Å². The van der Waals surface area contributed by atoms with Gasteiger partial charge < -0.3 is 14.1 Å². The molecule has 0 unspecified atom stereocenters. The second-order valence-corrected chi connectivity index (χ2v) is 5.96. The molecule has 1 aliphatic rings. The van der Waals surface area contributed by atoms with Gasteiger partial charge in [-0.2, -0.15) is 4.98 Å². The zero-order valence-corrected chi connectivity index (χ0v) is 15.2. The lowest BCUT2D eigenvalue weighted by Crippen LogP contribution is -2.36. The van der Waals surface area contributed by atoms with Crippen molar-refractivity contribution in [3.63, 3.8) is 0 Å². The lowest BCUT2D eigenvalue weighted by molar-refractivity contribution is 0.0957. The number of aromatic nitrogens is 2. The van der Waals surface area contributed by atoms with Gasteiger partial charge in [-0.25, -0.2) is 4.98 Å². The minimum Gasteiger partial charge on any atom is -0.447 e. The van der Waals surface area contributed by atoms with Crippen LogP contribution in [0.15, 0.2) is 10.5 Å². The van der Waals surface area contributed by atoms with Crippen LogP contribution >= 0.6 is 11.6 Å². The van der Waals surface area contributed by atoms with Gasteiger partial charge in [0.2, 0.25) is 5.28 Å². The van der Waals surface area contributed by atoms with Gasteiger partial charge in [0.25, 0.3) is 0 Å². The van der Waals surface area contributed by atoms with E-state index in [1.807, 2.05) is 11.8 Å². The van der Waals surface area contributed by atoms with Crippen LogP contribution < -0.4 is 4.90 Å². The van der Waals surface area contributed by atoms with E-state index in [0.717, 1.165) is 6.42 Å². The molecular weight excluding hydrogens is 330 g/mol. The van der Waals surface area contributed by atoms with Crippen LogP contribution in [0.2, 0.25) is 5.28 Å². The van der Waals surface area contributed by atoms with Gasteiger partial charge >= 0.3 is 0 Å². The van der Waals surface area contributed by atoms with Gasteiger partial charge in [-0.15, -0.1) is 0 Å². The molecule has 7 heteroatoms. The molecule has 3 heterocycles. The van der Waals surface area contributed by atoms with Crippen LogP contribution in [0.3, 0.4) is 0 Å². The molecule has 2 aromatic rings. The lowest BCUT2D eigenvalue weighted by Gasteiger charge is -2.27. The molecule has 24 heavy (non-hydrogen) atoms. The summed E-state index contributed by atoms with van der Waals surface area (Å²) in [6.45, 7) is 8.88. The summed E-state index contributed by atoms with van der Waals surface area (Å²) in [4.78, 5) is 22.4. The van der Waals surface area contributed by atoms with Crippen LogP contribution in [0.4, 0.5) is 5.82 Å². The first-order chi connectivity index (χ1) is 11.6. The number of fused-ring (bicyclic) bond motifs is 1. The molecule has 0 radical (unpaired) electrons. The van der Waals surface area contributed by atoms with E-state index in [4.69, 9.17) is 20.8 Å². The molecule has 1 fully saturated rings. The van der Waals surface area contributed by atoms with Crippen LogP contribution in [0.5, 0.6) is 0 Å². The highest BCUT2D eigenvalue weighted by atomic mass is 35.5. The summed E-state index contributed by atoms with van der Waals surface area (Å²) in [5.74, 6) is 0.918. The van der Waals surface area contributed by atoms with Gasteiger partial charge in [0.1, 0.15) is 5.52 Å². The van der Waals surface area contributed by atoms with Gasteiger partial charge in [0.05, 0.1) is 13.2 Å². The number of nitrogens with zero attached hydrogens (tertiary/aromatic N) is 3. The number of rotatable bonds is 4. The van der Waals surface area contributed by atoms with E-state index in [2.05, 4.69) is 23.8 Å². The van der Waals surface area contributed by atoms with Gasteiger partial charge in [-0.3, -0.25) is 4.79 Å². The number of ketones is 1. The van der Waals surface area contributed by atoms with E-state index < -0.39 is 0 Å². The predicted molar refractivity (Wildman–Crippen MR) is 95.0 cm³/mol. The van der Waals surface area contributed by atoms with E-state index in [1.54, 1.807) is 6.07 Å². The standard InChI is InChI=1S/C14H16ClN3O3.C3H8/c1-2-3-10(19)11-8-9-12(21-11)13(17-14(15)16-9)18-4-6-20-7-5-18;1-3-2/h8H,2-7H2,1H3;3H2,1-2H3. The van der Waals surface area contributed by atoms with Crippen molar-refractivity contribution in [3.05, 3.63) is 17.1 Å². The van der Waals surface area contributed by atoms with Crippen LogP contribution in [0.25, 0.3) is 11.1 Å². The number of halogens is 1. The molecule has 0 aromatic carbocycles. The highest BCUT2D eigenvalue weighted by Gasteiger charge is 2.22. The van der Waals surface area contributed by atoms with Crippen molar-refractivity contribution in [3.8, 4) is 0 Å². The zero-order chi connectivity index (χ0) is 17.5. The molecule has 6 nitrogen and oxygen atoms in total. The summed E-state index contributed by atoms with van der Waals surface area (Å²) in [6.07, 6.45) is 2.48. The molecule has 0 saturated carbocycles. The maximum Gasteiger partial charge on any atom is 0.225 e. The molecule has 0 bridgehead atoms. The molecule has 1 aliphatic heterocycles. The number of anilines is 1. The van der Waals surface area contributed by atoms with Gasteiger partial charge in [-0.1, -0.05) is 27.2 Å². The third-order valence-corrected chi connectivity index (χ3v) is 3.56. The summed E-state index contributed by atoms with van der Waals surface area (Å²) in [5.41, 5.74) is 1.08. The Morgan fingerprint density at radius 1 is 1.25 bits per heavy atom. The number of Topliss-reactive ketones (excluding diaryl/α,β-unsaturated/α-hetero) is 1. The zero-order valence-electron chi connectivity index (χ0n) is 14.5. The summed E-state index contributed by atoms with van der Waals surface area (Å²) in [6, 6.07) is 1.64. The number of hydrogen-bond donors (Lipinski definition) is 0. The van der Waals surface area contributed by atoms with Crippen LogP contribution in [-0.4, -0.2) is 42.1 Å². The summed E-state index contributed by atoms with van der Waals surface area (Å²) in [7, 11) is 0.